The molecule has 0 saturated carbocycles. The molecular weight excluding hydrogens is 930 g/mol. The van der Waals surface area contributed by atoms with Gasteiger partial charge in [0.05, 0.1) is 67.4 Å². The Labute approximate surface area is 400 Å². The minimum atomic E-state index is -0.163. The van der Waals surface area contributed by atoms with Crippen LogP contribution in [0.5, 0.6) is 0 Å². The van der Waals surface area contributed by atoms with Gasteiger partial charge in [-0.05, 0) is 97.8 Å². The second-order valence-electron chi connectivity index (χ2n) is 17.4. The number of rotatable bonds is 4. The summed E-state index contributed by atoms with van der Waals surface area (Å²) in [6.45, 7) is 9.46. The first-order chi connectivity index (χ1) is 32.8. The summed E-state index contributed by atoms with van der Waals surface area (Å²) in [5, 5.41) is 2.50. The summed E-state index contributed by atoms with van der Waals surface area (Å²) >= 11 is 0. The second kappa shape index (κ2) is 14.5. The predicted molar refractivity (Wildman–Crippen MR) is 260 cm³/mol. The summed E-state index contributed by atoms with van der Waals surface area (Å²) in [6, 6.07) is 15.3. The van der Waals surface area contributed by atoms with E-state index >= 15 is 0 Å². The number of hydrogen-bond acceptors (Lipinski definition) is 10. The third kappa shape index (κ3) is 5.46. The standard InChI is InChI=1S/C48H40N16O4.Zn/c1-9-61-33-17-25-21(13-29(33)57(5)45(61)65)37-49-38-22-14-30-35(63(11-3)46(66)58(30)6)19-27(22)43(51-38)56-44-28-20-36-32(60(8)48(68)64(36)12-4)16-24(28)40(55-44)54-42-26-18-34-31(59(7)47(67)62(34)10-2)15-23(26)39(53-42)52-41(25)50-37;/h13-20H,9-12H2,1-8H3;/q-2;+2. The molecule has 4 aromatic carbocycles. The van der Waals surface area contributed by atoms with E-state index in [-0.39, 0.29) is 42.2 Å². The molecule has 69 heavy (non-hydrogen) atoms. The first kappa shape index (κ1) is 42.3. The Morgan fingerprint density at radius 3 is 0.826 bits per heavy atom. The van der Waals surface area contributed by atoms with Crippen LogP contribution in [0, 0.1) is 0 Å². The van der Waals surface area contributed by atoms with E-state index in [0.29, 0.717) is 160 Å². The molecule has 0 saturated heterocycles. The predicted octanol–water partition coefficient (Wildman–Crippen LogP) is 4.82. The normalized spacial score (nSPS) is 12.4. The van der Waals surface area contributed by atoms with Crippen molar-refractivity contribution >= 4 is 88.3 Å². The quantitative estimate of drug-likeness (QED) is 0.217. The Kier molecular flexibility index (Phi) is 8.88. The van der Waals surface area contributed by atoms with Gasteiger partial charge in [0.1, 0.15) is 0 Å². The number of fused-ring (bicyclic) bond motifs is 24. The molecule has 338 valence electrons. The van der Waals surface area contributed by atoms with Crippen LogP contribution in [0.25, 0.3) is 134 Å². The molecule has 0 amide bonds. The molecule has 8 bridgehead atoms. The topological polar surface area (TPSA) is 213 Å². The molecule has 0 radical (unpaired) electrons. The van der Waals surface area contributed by atoms with Crippen LogP contribution < -0.4 is 32.7 Å². The molecule has 0 atom stereocenters. The largest absolute Gasteiger partial charge is 2.00 e. The first-order valence-electron chi connectivity index (χ1n) is 22.5. The average molecular weight is 970 g/mol. The van der Waals surface area contributed by atoms with Gasteiger partial charge in [0.2, 0.25) is 0 Å². The van der Waals surface area contributed by atoms with Crippen LogP contribution in [0.2, 0.25) is 0 Å². The summed E-state index contributed by atoms with van der Waals surface area (Å²) in [5.74, 6) is 1.19. The van der Waals surface area contributed by atoms with Crippen LogP contribution in [0.1, 0.15) is 27.7 Å². The van der Waals surface area contributed by atoms with E-state index in [2.05, 4.69) is 0 Å². The molecule has 2 aliphatic heterocycles. The Morgan fingerprint density at radius 1 is 0.348 bits per heavy atom. The molecule has 11 aromatic rings. The van der Waals surface area contributed by atoms with Crippen molar-refractivity contribution in [3.8, 4) is 45.6 Å². The van der Waals surface area contributed by atoms with Crippen molar-refractivity contribution in [2.75, 3.05) is 0 Å². The molecule has 0 unspecified atom stereocenters. The van der Waals surface area contributed by atoms with Crippen LogP contribution in [0.4, 0.5) is 0 Å². The fourth-order valence-corrected chi connectivity index (χ4v) is 10.5. The minimum absolute atomic E-state index is 0. The number of aryl methyl sites for hydroxylation is 8. The van der Waals surface area contributed by atoms with Gasteiger partial charge in [0, 0.05) is 99.2 Å². The van der Waals surface area contributed by atoms with Gasteiger partial charge in [-0.3, -0.25) is 36.5 Å². The van der Waals surface area contributed by atoms with Gasteiger partial charge < -0.3 is 29.9 Å². The van der Waals surface area contributed by atoms with E-state index in [9.17, 15) is 19.2 Å². The number of hydrogen-bond donors (Lipinski definition) is 0. The Hall–Kier alpha value is -8.06. The van der Waals surface area contributed by atoms with Crippen LogP contribution in [-0.2, 0) is 73.8 Å². The summed E-state index contributed by atoms with van der Waals surface area (Å²) in [4.78, 5) is 95.4. The zero-order valence-corrected chi connectivity index (χ0v) is 41.9. The van der Waals surface area contributed by atoms with Crippen molar-refractivity contribution in [1.82, 2.24) is 76.4 Å². The van der Waals surface area contributed by atoms with Gasteiger partial charge in [-0.1, -0.05) is 0 Å². The fraction of sp³-hybridized carbons (Fsp3) is 0.250. The molecule has 0 spiro atoms. The van der Waals surface area contributed by atoms with E-state index in [1.54, 1.807) is 64.7 Å². The van der Waals surface area contributed by atoms with Crippen molar-refractivity contribution in [3.63, 3.8) is 0 Å². The third-order valence-corrected chi connectivity index (χ3v) is 14.0. The zero-order chi connectivity index (χ0) is 46.9. The summed E-state index contributed by atoms with van der Waals surface area (Å²) in [5.41, 5.74) is 8.60. The van der Waals surface area contributed by atoms with Crippen molar-refractivity contribution in [3.05, 3.63) is 90.5 Å². The summed E-state index contributed by atoms with van der Waals surface area (Å²) in [7, 11) is 6.95. The summed E-state index contributed by atoms with van der Waals surface area (Å²) < 4.78 is 13.2. The molecule has 13 rings (SSSR count). The van der Waals surface area contributed by atoms with E-state index in [1.807, 2.05) is 76.2 Å². The Balaban J connectivity index is 0.00000492. The summed E-state index contributed by atoms with van der Waals surface area (Å²) in [6.07, 6.45) is 0. The number of nitrogens with zero attached hydrogens (tertiary/aromatic N) is 16. The zero-order valence-electron chi connectivity index (χ0n) is 38.9. The molecule has 21 heteroatoms. The molecule has 7 aromatic heterocycles. The third-order valence-electron chi connectivity index (χ3n) is 14.0. The van der Waals surface area contributed by atoms with Gasteiger partial charge >= 0.3 is 42.2 Å². The number of imidazole rings is 4. The van der Waals surface area contributed by atoms with Gasteiger partial charge in [-0.2, -0.15) is 0 Å². The SMILES string of the molecule is CCn1c(=O)n(C)c2cc3c(cc21)-c1nc-3nc2[n-]c(nc3nc(nc4[n-]c(n1)c1cc5c(cc41)n(CC)c(=O)n5C)-c1cc4c(cc1-3)n(C)c(=O)n4CC)c1cc3c(cc21)n(CC)c(=O)n3C.[Zn+2]. The van der Waals surface area contributed by atoms with Gasteiger partial charge in [0.15, 0.2) is 0 Å². The van der Waals surface area contributed by atoms with E-state index in [0.717, 1.165) is 0 Å². The van der Waals surface area contributed by atoms with Crippen LogP contribution in [-0.4, -0.2) is 66.4 Å². The molecular formula is C48H40N16O4Zn. The fourth-order valence-electron chi connectivity index (χ4n) is 10.5. The van der Waals surface area contributed by atoms with E-state index < -0.39 is 0 Å². The first-order valence-corrected chi connectivity index (χ1v) is 22.5. The van der Waals surface area contributed by atoms with Crippen LogP contribution in [0.3, 0.4) is 0 Å². The average Bonchev–Trinajstić information content (AvgIpc) is 4.20. The second-order valence-corrected chi connectivity index (χ2v) is 17.4. The maximum Gasteiger partial charge on any atom is 2.00 e. The molecule has 9 heterocycles. The van der Waals surface area contributed by atoms with Crippen LogP contribution in [0.15, 0.2) is 67.7 Å². The van der Waals surface area contributed by atoms with Gasteiger partial charge in [0.25, 0.3) is 0 Å². The molecule has 2 aliphatic rings. The van der Waals surface area contributed by atoms with Gasteiger partial charge in [-0.15, -0.1) is 0 Å². The maximum absolute atomic E-state index is 13.5. The van der Waals surface area contributed by atoms with E-state index in [4.69, 9.17) is 39.9 Å². The Bertz CT molecular complexity index is 4600. The van der Waals surface area contributed by atoms with E-state index in [1.165, 1.54) is 0 Å². The molecule has 0 aliphatic carbocycles. The van der Waals surface area contributed by atoms with Crippen molar-refractivity contribution in [2.24, 2.45) is 28.2 Å². The monoisotopic (exact) mass is 968 g/mol. The smallest absolute Gasteiger partial charge is 0.357 e. The maximum atomic E-state index is 13.5. The minimum Gasteiger partial charge on any atom is -0.357 e. The number of aromatic nitrogens is 16. The van der Waals surface area contributed by atoms with Crippen LogP contribution >= 0.6 is 0 Å². The Morgan fingerprint density at radius 2 is 0.565 bits per heavy atom. The van der Waals surface area contributed by atoms with Crippen molar-refractivity contribution in [1.29, 1.82) is 0 Å². The van der Waals surface area contributed by atoms with Crippen molar-refractivity contribution < 1.29 is 19.5 Å². The molecule has 0 fully saturated rings. The number of benzene rings is 4. The van der Waals surface area contributed by atoms with Crippen molar-refractivity contribution in [2.45, 2.75) is 53.9 Å². The molecule has 20 nitrogen and oxygen atoms in total. The molecule has 0 N–H and O–H groups in total. The van der Waals surface area contributed by atoms with Gasteiger partial charge in [-0.25, -0.2) is 29.1 Å².